The Labute approximate surface area is 79.0 Å². The second-order valence-electron chi connectivity index (χ2n) is 2.53. The average Bonchev–Trinajstić information content (AvgIpc) is 2.14. The largest absolute Gasteiger partial charge is 0.483 e. The van der Waals surface area contributed by atoms with Crippen molar-refractivity contribution in [3.8, 4) is 5.75 Å². The second-order valence-corrected chi connectivity index (χ2v) is 2.53. The molecule has 1 heterocycles. The maximum Gasteiger partial charge on any atom is 0.422 e. The lowest BCUT2D eigenvalue weighted by molar-refractivity contribution is -0.153. The molecule has 2 nitrogen and oxygen atoms in total. The van der Waals surface area contributed by atoms with E-state index in [0.29, 0.717) is 5.69 Å². The van der Waals surface area contributed by atoms with Crippen LogP contribution in [0.2, 0.25) is 0 Å². The van der Waals surface area contributed by atoms with Crippen molar-refractivity contribution in [1.82, 2.24) is 4.98 Å². The standard InChI is InChI=1S/C9H8F3NO/c1-2-7-3-4-8(5-13-7)14-6-9(10,11)12/h2-5H,1,6H2. The fourth-order valence-electron chi connectivity index (χ4n) is 0.763. The minimum atomic E-state index is -4.32. The third-order valence-corrected chi connectivity index (χ3v) is 1.37. The lowest BCUT2D eigenvalue weighted by Crippen LogP contribution is -2.19. The van der Waals surface area contributed by atoms with Crippen molar-refractivity contribution in [3.63, 3.8) is 0 Å². The van der Waals surface area contributed by atoms with Gasteiger partial charge in [-0.1, -0.05) is 6.58 Å². The van der Waals surface area contributed by atoms with Gasteiger partial charge < -0.3 is 4.74 Å². The summed E-state index contributed by atoms with van der Waals surface area (Å²) in [7, 11) is 0. The van der Waals surface area contributed by atoms with Crippen LogP contribution in [0.4, 0.5) is 13.2 Å². The summed E-state index contributed by atoms with van der Waals surface area (Å²) in [5.74, 6) is 0.0907. The summed E-state index contributed by atoms with van der Waals surface area (Å²) >= 11 is 0. The summed E-state index contributed by atoms with van der Waals surface area (Å²) in [4.78, 5) is 3.79. The van der Waals surface area contributed by atoms with Crippen molar-refractivity contribution < 1.29 is 17.9 Å². The van der Waals surface area contributed by atoms with Crippen molar-refractivity contribution >= 4 is 6.08 Å². The van der Waals surface area contributed by atoms with E-state index in [1.807, 2.05) is 0 Å². The lowest BCUT2D eigenvalue weighted by atomic mass is 10.3. The molecule has 0 spiro atoms. The van der Waals surface area contributed by atoms with E-state index in [-0.39, 0.29) is 5.75 Å². The molecule has 0 aromatic carbocycles. The quantitative estimate of drug-likeness (QED) is 0.753. The smallest absolute Gasteiger partial charge is 0.422 e. The third kappa shape index (κ3) is 3.47. The number of nitrogens with zero attached hydrogens (tertiary/aromatic N) is 1. The molecular formula is C9H8F3NO. The number of aromatic nitrogens is 1. The second kappa shape index (κ2) is 4.13. The molecule has 0 amide bonds. The van der Waals surface area contributed by atoms with Crippen molar-refractivity contribution in [2.24, 2.45) is 0 Å². The van der Waals surface area contributed by atoms with E-state index in [1.54, 1.807) is 0 Å². The summed E-state index contributed by atoms with van der Waals surface area (Å²) in [5, 5.41) is 0. The van der Waals surface area contributed by atoms with Gasteiger partial charge in [0.1, 0.15) is 5.75 Å². The summed E-state index contributed by atoms with van der Waals surface area (Å²) in [5.41, 5.74) is 0.587. The number of hydrogen-bond donors (Lipinski definition) is 0. The van der Waals surface area contributed by atoms with Gasteiger partial charge in [-0.25, -0.2) is 0 Å². The van der Waals surface area contributed by atoms with Crippen LogP contribution in [0.5, 0.6) is 5.75 Å². The predicted molar refractivity (Wildman–Crippen MR) is 45.9 cm³/mol. The number of ether oxygens (including phenoxy) is 1. The van der Waals surface area contributed by atoms with Crippen LogP contribution in [0.25, 0.3) is 6.08 Å². The number of rotatable bonds is 3. The molecule has 1 aromatic heterocycles. The minimum Gasteiger partial charge on any atom is -0.483 e. The number of pyridine rings is 1. The normalized spacial score (nSPS) is 11.1. The lowest BCUT2D eigenvalue weighted by Gasteiger charge is -2.08. The van der Waals surface area contributed by atoms with Gasteiger partial charge in [-0.2, -0.15) is 13.2 Å². The summed E-state index contributed by atoms with van der Waals surface area (Å²) in [6, 6.07) is 2.94. The summed E-state index contributed by atoms with van der Waals surface area (Å²) < 4.78 is 39.6. The molecule has 0 saturated heterocycles. The van der Waals surface area contributed by atoms with Gasteiger partial charge in [-0.05, 0) is 18.2 Å². The number of hydrogen-bond acceptors (Lipinski definition) is 2. The number of alkyl halides is 3. The van der Waals surface area contributed by atoms with Crippen LogP contribution in [0.15, 0.2) is 24.9 Å². The van der Waals surface area contributed by atoms with Crippen LogP contribution >= 0.6 is 0 Å². The van der Waals surface area contributed by atoms with Crippen molar-refractivity contribution in [2.45, 2.75) is 6.18 Å². The fraction of sp³-hybridized carbons (Fsp3) is 0.222. The average molecular weight is 203 g/mol. The van der Waals surface area contributed by atoms with Crippen LogP contribution < -0.4 is 4.74 Å². The Morgan fingerprint density at radius 2 is 2.14 bits per heavy atom. The van der Waals surface area contributed by atoms with Crippen molar-refractivity contribution in [1.29, 1.82) is 0 Å². The highest BCUT2D eigenvalue weighted by atomic mass is 19.4. The first kappa shape index (κ1) is 10.6. The molecule has 14 heavy (non-hydrogen) atoms. The van der Waals surface area contributed by atoms with Gasteiger partial charge in [-0.15, -0.1) is 0 Å². The maximum atomic E-state index is 11.7. The molecule has 0 radical (unpaired) electrons. The highest BCUT2D eigenvalue weighted by Crippen LogP contribution is 2.17. The van der Waals surface area contributed by atoms with E-state index in [4.69, 9.17) is 0 Å². The number of halogens is 3. The molecular weight excluding hydrogens is 195 g/mol. The zero-order valence-corrected chi connectivity index (χ0v) is 7.21. The predicted octanol–water partition coefficient (Wildman–Crippen LogP) is 2.67. The monoisotopic (exact) mass is 203 g/mol. The van der Waals surface area contributed by atoms with Gasteiger partial charge in [0.2, 0.25) is 0 Å². The molecule has 76 valence electrons. The first-order chi connectivity index (χ1) is 6.51. The first-order valence-electron chi connectivity index (χ1n) is 3.79. The molecule has 0 unspecified atom stereocenters. The maximum absolute atomic E-state index is 11.7. The molecule has 0 saturated carbocycles. The van der Waals surface area contributed by atoms with Crippen LogP contribution in [-0.2, 0) is 0 Å². The Balaban J connectivity index is 2.56. The minimum absolute atomic E-state index is 0.0907. The van der Waals surface area contributed by atoms with Crippen molar-refractivity contribution in [3.05, 3.63) is 30.6 Å². The topological polar surface area (TPSA) is 22.1 Å². The zero-order chi connectivity index (χ0) is 10.6. The Kier molecular flexibility index (Phi) is 3.11. The van der Waals surface area contributed by atoms with Crippen LogP contribution in [0.3, 0.4) is 0 Å². The third-order valence-electron chi connectivity index (χ3n) is 1.37. The van der Waals surface area contributed by atoms with Gasteiger partial charge in [0.05, 0.1) is 11.9 Å². The van der Waals surface area contributed by atoms with Crippen LogP contribution in [-0.4, -0.2) is 17.8 Å². The van der Waals surface area contributed by atoms with Crippen LogP contribution in [0, 0.1) is 0 Å². The molecule has 1 rings (SSSR count). The van der Waals surface area contributed by atoms with E-state index in [2.05, 4.69) is 16.3 Å². The van der Waals surface area contributed by atoms with E-state index >= 15 is 0 Å². The molecule has 0 aliphatic carbocycles. The highest BCUT2D eigenvalue weighted by Gasteiger charge is 2.28. The van der Waals surface area contributed by atoms with Gasteiger partial charge in [0.15, 0.2) is 6.61 Å². The SMILES string of the molecule is C=Cc1ccc(OCC(F)(F)F)cn1. The van der Waals surface area contributed by atoms with E-state index in [0.717, 1.165) is 0 Å². The Bertz CT molecular complexity index is 305. The summed E-state index contributed by atoms with van der Waals surface area (Å²) in [6.07, 6.45) is -1.60. The Hall–Kier alpha value is -1.52. The molecule has 0 aliphatic heterocycles. The Morgan fingerprint density at radius 1 is 1.43 bits per heavy atom. The first-order valence-corrected chi connectivity index (χ1v) is 3.79. The van der Waals surface area contributed by atoms with Gasteiger partial charge >= 0.3 is 6.18 Å². The van der Waals surface area contributed by atoms with Gasteiger partial charge in [0, 0.05) is 0 Å². The molecule has 0 atom stereocenters. The molecule has 1 aromatic rings. The zero-order valence-electron chi connectivity index (χ0n) is 7.21. The van der Waals surface area contributed by atoms with E-state index in [9.17, 15) is 13.2 Å². The van der Waals surface area contributed by atoms with Crippen molar-refractivity contribution in [2.75, 3.05) is 6.61 Å². The molecule has 0 aliphatic rings. The molecule has 0 fully saturated rings. The fourth-order valence-corrected chi connectivity index (χ4v) is 0.763. The van der Waals surface area contributed by atoms with E-state index in [1.165, 1.54) is 24.4 Å². The molecule has 0 bridgehead atoms. The van der Waals surface area contributed by atoms with Gasteiger partial charge in [-0.3, -0.25) is 4.98 Å². The summed E-state index contributed by atoms with van der Waals surface area (Å²) in [6.45, 7) is 2.16. The van der Waals surface area contributed by atoms with E-state index < -0.39 is 12.8 Å². The Morgan fingerprint density at radius 3 is 2.57 bits per heavy atom. The van der Waals surface area contributed by atoms with Gasteiger partial charge in [0.25, 0.3) is 0 Å². The highest BCUT2D eigenvalue weighted by molar-refractivity contribution is 5.42. The van der Waals surface area contributed by atoms with Crippen LogP contribution in [0.1, 0.15) is 5.69 Å². The molecule has 5 heteroatoms. The molecule has 0 N–H and O–H groups in total.